The molecule has 0 spiro atoms. The van der Waals surface area contributed by atoms with E-state index < -0.39 is 0 Å². The number of aromatic amines is 1. The predicted molar refractivity (Wildman–Crippen MR) is 113 cm³/mol. The van der Waals surface area contributed by atoms with Crippen molar-refractivity contribution in [2.45, 2.75) is 12.8 Å². The summed E-state index contributed by atoms with van der Waals surface area (Å²) in [5.41, 5.74) is 5.01. The molecule has 2 aromatic carbocycles. The summed E-state index contributed by atoms with van der Waals surface area (Å²) >= 11 is 6.08. The Morgan fingerprint density at radius 2 is 2.04 bits per heavy atom. The van der Waals surface area contributed by atoms with E-state index in [1.54, 1.807) is 0 Å². The number of fused-ring (bicyclic) bond motifs is 2. The Labute approximate surface area is 169 Å². The monoisotopic (exact) mass is 394 g/mol. The fraction of sp³-hybridized carbons (Fsp3) is 0.304. The molecule has 3 heterocycles. The maximum absolute atomic E-state index is 6.08. The number of halogens is 1. The molecule has 4 nitrogen and oxygen atoms in total. The van der Waals surface area contributed by atoms with Crippen LogP contribution in [0.15, 0.2) is 48.7 Å². The lowest BCUT2D eigenvalue weighted by Crippen LogP contribution is -2.30. The first kappa shape index (κ1) is 17.7. The summed E-state index contributed by atoms with van der Waals surface area (Å²) in [6.07, 6.45) is 6.51. The van der Waals surface area contributed by atoms with Gasteiger partial charge < -0.3 is 14.5 Å². The number of ether oxygens (including phenoxy) is 2. The van der Waals surface area contributed by atoms with Gasteiger partial charge in [-0.3, -0.25) is 4.90 Å². The van der Waals surface area contributed by atoms with Gasteiger partial charge in [-0.05, 0) is 42.2 Å². The topological polar surface area (TPSA) is 37.5 Å². The number of nitrogens with zero attached hydrogens (tertiary/aromatic N) is 1. The molecular formula is C23H23ClN2O2. The van der Waals surface area contributed by atoms with E-state index in [4.69, 9.17) is 21.1 Å². The number of benzene rings is 2. The molecule has 1 aromatic heterocycles. The van der Waals surface area contributed by atoms with E-state index in [1.165, 1.54) is 22.1 Å². The predicted octanol–water partition coefficient (Wildman–Crippen LogP) is 4.92. The van der Waals surface area contributed by atoms with Crippen LogP contribution in [-0.4, -0.2) is 42.7 Å². The molecule has 144 valence electrons. The van der Waals surface area contributed by atoms with Gasteiger partial charge in [0, 0.05) is 47.3 Å². The standard InChI is InChI=1S/C23H23ClN2O2/c24-18-4-5-19-17(15-25-21(19)14-18)8-11-26-9-6-16(7-10-26)20-2-1-3-22-23(20)28-13-12-27-22/h1-6,14-15,25H,7-13H2. The van der Waals surface area contributed by atoms with Gasteiger partial charge in [-0.15, -0.1) is 0 Å². The quantitative estimate of drug-likeness (QED) is 0.682. The highest BCUT2D eigenvalue weighted by molar-refractivity contribution is 6.31. The summed E-state index contributed by atoms with van der Waals surface area (Å²) < 4.78 is 11.6. The number of para-hydroxylation sites is 1. The van der Waals surface area contributed by atoms with Crippen molar-refractivity contribution >= 4 is 28.1 Å². The van der Waals surface area contributed by atoms with Gasteiger partial charge in [-0.25, -0.2) is 0 Å². The third-order valence-corrected chi connectivity index (χ3v) is 5.87. The zero-order valence-electron chi connectivity index (χ0n) is 15.7. The Hall–Kier alpha value is -2.43. The minimum absolute atomic E-state index is 0.624. The van der Waals surface area contributed by atoms with Gasteiger partial charge in [0.2, 0.25) is 0 Å². The summed E-state index contributed by atoms with van der Waals surface area (Å²) in [4.78, 5) is 5.84. The van der Waals surface area contributed by atoms with Crippen LogP contribution >= 0.6 is 11.6 Å². The molecule has 0 amide bonds. The van der Waals surface area contributed by atoms with Crippen LogP contribution in [0.3, 0.4) is 0 Å². The van der Waals surface area contributed by atoms with Gasteiger partial charge in [0.25, 0.3) is 0 Å². The fourth-order valence-corrected chi connectivity index (χ4v) is 4.30. The van der Waals surface area contributed by atoms with E-state index in [0.717, 1.165) is 54.5 Å². The lowest BCUT2D eigenvalue weighted by Gasteiger charge is -2.28. The Bertz CT molecular complexity index is 1040. The molecule has 0 atom stereocenters. The first-order chi connectivity index (χ1) is 13.8. The second-order valence-electron chi connectivity index (χ2n) is 7.36. The molecule has 0 bridgehead atoms. The molecule has 0 saturated heterocycles. The zero-order valence-corrected chi connectivity index (χ0v) is 16.5. The van der Waals surface area contributed by atoms with Gasteiger partial charge in [-0.1, -0.05) is 35.9 Å². The third-order valence-electron chi connectivity index (χ3n) is 5.63. The second-order valence-corrected chi connectivity index (χ2v) is 7.80. The highest BCUT2D eigenvalue weighted by atomic mass is 35.5. The van der Waals surface area contributed by atoms with Crippen LogP contribution in [0, 0.1) is 0 Å². The van der Waals surface area contributed by atoms with E-state index in [1.807, 2.05) is 18.2 Å². The summed E-state index contributed by atoms with van der Waals surface area (Å²) in [5.74, 6) is 1.78. The van der Waals surface area contributed by atoms with Gasteiger partial charge in [0.05, 0.1) is 0 Å². The second kappa shape index (κ2) is 7.53. The Balaban J connectivity index is 1.26. The van der Waals surface area contributed by atoms with Crippen molar-refractivity contribution in [1.29, 1.82) is 0 Å². The van der Waals surface area contributed by atoms with Gasteiger partial charge in [0.1, 0.15) is 13.2 Å². The van der Waals surface area contributed by atoms with Crippen molar-refractivity contribution in [3.8, 4) is 11.5 Å². The molecule has 5 heteroatoms. The first-order valence-corrected chi connectivity index (χ1v) is 10.2. The third kappa shape index (κ3) is 3.38. The average Bonchev–Trinajstić information content (AvgIpc) is 3.14. The lowest BCUT2D eigenvalue weighted by molar-refractivity contribution is 0.171. The number of aromatic nitrogens is 1. The summed E-state index contributed by atoms with van der Waals surface area (Å²) in [6.45, 7) is 4.33. The van der Waals surface area contributed by atoms with Crippen molar-refractivity contribution in [2.24, 2.45) is 0 Å². The highest BCUT2D eigenvalue weighted by Crippen LogP contribution is 2.39. The summed E-state index contributed by atoms with van der Waals surface area (Å²) in [5, 5.41) is 2.04. The molecule has 1 N–H and O–H groups in total. The Morgan fingerprint density at radius 1 is 1.11 bits per heavy atom. The van der Waals surface area contributed by atoms with Crippen LogP contribution in [0.5, 0.6) is 11.5 Å². The number of nitrogens with one attached hydrogen (secondary N) is 1. The van der Waals surface area contributed by atoms with Crippen LogP contribution in [0.25, 0.3) is 16.5 Å². The fourth-order valence-electron chi connectivity index (χ4n) is 4.13. The SMILES string of the molecule is Clc1ccc2c(CCN3CC=C(c4cccc5c4OCCO5)CC3)c[nH]c2c1. The number of hydrogen-bond donors (Lipinski definition) is 1. The van der Waals surface area contributed by atoms with E-state index in [0.29, 0.717) is 13.2 Å². The Morgan fingerprint density at radius 3 is 2.93 bits per heavy atom. The van der Waals surface area contributed by atoms with Gasteiger partial charge in [0.15, 0.2) is 11.5 Å². The molecular weight excluding hydrogens is 372 g/mol. The molecule has 3 aromatic rings. The van der Waals surface area contributed by atoms with E-state index >= 15 is 0 Å². The maximum Gasteiger partial charge on any atom is 0.168 e. The van der Waals surface area contributed by atoms with Crippen LogP contribution in [0.4, 0.5) is 0 Å². The van der Waals surface area contributed by atoms with Crippen molar-refractivity contribution in [3.63, 3.8) is 0 Å². The summed E-state index contributed by atoms with van der Waals surface area (Å²) in [6, 6.07) is 12.2. The molecule has 5 rings (SSSR count). The van der Waals surface area contributed by atoms with Crippen molar-refractivity contribution in [2.75, 3.05) is 32.8 Å². The lowest BCUT2D eigenvalue weighted by atomic mass is 9.97. The van der Waals surface area contributed by atoms with Crippen molar-refractivity contribution in [1.82, 2.24) is 9.88 Å². The number of H-pyrrole nitrogens is 1. The van der Waals surface area contributed by atoms with E-state index in [9.17, 15) is 0 Å². The average molecular weight is 395 g/mol. The van der Waals surface area contributed by atoms with Crippen LogP contribution in [0.1, 0.15) is 17.5 Å². The summed E-state index contributed by atoms with van der Waals surface area (Å²) in [7, 11) is 0. The first-order valence-electron chi connectivity index (χ1n) is 9.84. The maximum atomic E-state index is 6.08. The highest BCUT2D eigenvalue weighted by Gasteiger charge is 2.20. The normalized spacial score (nSPS) is 17.0. The minimum Gasteiger partial charge on any atom is -0.486 e. The zero-order chi connectivity index (χ0) is 18.9. The van der Waals surface area contributed by atoms with Crippen LogP contribution in [-0.2, 0) is 6.42 Å². The Kier molecular flexibility index (Phi) is 4.75. The molecule has 28 heavy (non-hydrogen) atoms. The molecule has 0 aliphatic carbocycles. The van der Waals surface area contributed by atoms with Crippen molar-refractivity contribution < 1.29 is 9.47 Å². The van der Waals surface area contributed by atoms with Gasteiger partial charge >= 0.3 is 0 Å². The molecule has 0 radical (unpaired) electrons. The number of rotatable bonds is 4. The molecule has 0 unspecified atom stereocenters. The minimum atomic E-state index is 0.624. The van der Waals surface area contributed by atoms with Crippen LogP contribution < -0.4 is 9.47 Å². The van der Waals surface area contributed by atoms with Crippen molar-refractivity contribution in [3.05, 3.63) is 64.8 Å². The molecule has 0 fully saturated rings. The van der Waals surface area contributed by atoms with Gasteiger partial charge in [-0.2, -0.15) is 0 Å². The largest absolute Gasteiger partial charge is 0.486 e. The molecule has 2 aliphatic rings. The number of hydrogen-bond acceptors (Lipinski definition) is 3. The van der Waals surface area contributed by atoms with E-state index in [-0.39, 0.29) is 0 Å². The molecule has 0 saturated carbocycles. The van der Waals surface area contributed by atoms with E-state index in [2.05, 4.69) is 40.4 Å². The van der Waals surface area contributed by atoms with Crippen LogP contribution in [0.2, 0.25) is 5.02 Å². The smallest absolute Gasteiger partial charge is 0.168 e. The molecule has 2 aliphatic heterocycles.